The van der Waals surface area contributed by atoms with E-state index in [1.54, 1.807) is 0 Å². The zero-order chi connectivity index (χ0) is 13.7. The lowest BCUT2D eigenvalue weighted by Crippen LogP contribution is -2.44. The van der Waals surface area contributed by atoms with E-state index in [1.807, 2.05) is 13.8 Å². The van der Waals surface area contributed by atoms with Crippen LogP contribution in [0.1, 0.15) is 31.3 Å². The molecule has 1 aromatic heterocycles. The van der Waals surface area contributed by atoms with Crippen LogP contribution in [0.3, 0.4) is 0 Å². The topological polar surface area (TPSA) is 94.0 Å². The van der Waals surface area contributed by atoms with E-state index >= 15 is 0 Å². The molecule has 0 bridgehead atoms. The van der Waals surface area contributed by atoms with E-state index in [0.29, 0.717) is 6.29 Å². The molecule has 0 spiro atoms. The van der Waals surface area contributed by atoms with Crippen LogP contribution in [0.4, 0.5) is 0 Å². The van der Waals surface area contributed by atoms with Crippen molar-refractivity contribution in [1.29, 1.82) is 0 Å². The maximum atomic E-state index is 11.7. The number of aldehydes is 1. The Bertz CT molecular complexity index is 453. The smallest absolute Gasteiger partial charge is 0.242 e. The molecule has 1 atom stereocenters. The van der Waals surface area contributed by atoms with Gasteiger partial charge in [0.15, 0.2) is 12.1 Å². The molecule has 1 aromatic rings. The Kier molecular flexibility index (Phi) is 4.70. The second kappa shape index (κ2) is 6.04. The Labute approximate surface area is 105 Å². The van der Waals surface area contributed by atoms with Crippen LogP contribution in [0, 0.1) is 5.92 Å². The van der Waals surface area contributed by atoms with Gasteiger partial charge in [-0.15, -0.1) is 5.10 Å². The van der Waals surface area contributed by atoms with E-state index in [9.17, 15) is 14.4 Å². The number of carbonyl (C=O) groups is 3. The van der Waals surface area contributed by atoms with Gasteiger partial charge in [-0.25, -0.2) is 4.68 Å². The first-order valence-corrected chi connectivity index (χ1v) is 5.59. The van der Waals surface area contributed by atoms with Crippen molar-refractivity contribution in [1.82, 2.24) is 20.3 Å². The van der Waals surface area contributed by atoms with E-state index in [2.05, 4.69) is 15.6 Å². The summed E-state index contributed by atoms with van der Waals surface area (Å²) in [6.07, 6.45) is 1.92. The van der Waals surface area contributed by atoms with Crippen LogP contribution in [0.2, 0.25) is 0 Å². The molecule has 0 aromatic carbocycles. The van der Waals surface area contributed by atoms with Gasteiger partial charge in [-0.3, -0.25) is 14.4 Å². The van der Waals surface area contributed by atoms with Crippen LogP contribution >= 0.6 is 0 Å². The first kappa shape index (κ1) is 14.0. The molecule has 0 aliphatic heterocycles. The SMILES string of the molecule is CC(=O)C(NC(=O)Cn1cc(C=O)nn1)C(C)C. The third kappa shape index (κ3) is 3.76. The van der Waals surface area contributed by atoms with Gasteiger partial charge in [0.1, 0.15) is 12.2 Å². The standard InChI is InChI=1S/C11H16N4O3/c1-7(2)11(8(3)17)12-10(18)5-15-4-9(6-16)13-14-15/h4,6-7,11H,5H2,1-3H3,(H,12,18). The highest BCUT2D eigenvalue weighted by Gasteiger charge is 2.20. The zero-order valence-corrected chi connectivity index (χ0v) is 10.6. The van der Waals surface area contributed by atoms with Crippen LogP contribution in [0.15, 0.2) is 6.20 Å². The lowest BCUT2D eigenvalue weighted by Gasteiger charge is -2.19. The molecule has 0 aliphatic rings. The highest BCUT2D eigenvalue weighted by Crippen LogP contribution is 2.02. The number of nitrogens with one attached hydrogen (secondary N) is 1. The number of Topliss-reactive ketones (excluding diaryl/α,β-unsaturated/α-hetero) is 1. The lowest BCUT2D eigenvalue weighted by atomic mass is 10.0. The molecule has 98 valence electrons. The van der Waals surface area contributed by atoms with Crippen LogP contribution < -0.4 is 5.32 Å². The van der Waals surface area contributed by atoms with Crippen molar-refractivity contribution in [2.24, 2.45) is 5.92 Å². The molecule has 1 N–H and O–H groups in total. The third-order valence-corrected chi connectivity index (χ3v) is 2.40. The van der Waals surface area contributed by atoms with Gasteiger partial charge in [0.05, 0.1) is 12.2 Å². The van der Waals surface area contributed by atoms with Crippen molar-refractivity contribution in [3.63, 3.8) is 0 Å². The van der Waals surface area contributed by atoms with Gasteiger partial charge in [-0.1, -0.05) is 19.1 Å². The fourth-order valence-electron chi connectivity index (χ4n) is 1.55. The Balaban J connectivity index is 2.60. The molecule has 1 amide bonds. The summed E-state index contributed by atoms with van der Waals surface area (Å²) in [7, 11) is 0. The van der Waals surface area contributed by atoms with Gasteiger partial charge in [-0.2, -0.15) is 0 Å². The molecule has 1 unspecified atom stereocenters. The highest BCUT2D eigenvalue weighted by atomic mass is 16.2. The summed E-state index contributed by atoms with van der Waals surface area (Å²) in [6, 6.07) is -0.508. The second-order valence-electron chi connectivity index (χ2n) is 4.36. The van der Waals surface area contributed by atoms with E-state index in [1.165, 1.54) is 17.8 Å². The molecule has 0 fully saturated rings. The fraction of sp³-hybridized carbons (Fsp3) is 0.545. The normalized spacial score (nSPS) is 12.2. The number of hydrogen-bond donors (Lipinski definition) is 1. The Morgan fingerprint density at radius 2 is 2.17 bits per heavy atom. The number of nitrogens with zero attached hydrogens (tertiary/aromatic N) is 3. The fourth-order valence-corrected chi connectivity index (χ4v) is 1.55. The summed E-state index contributed by atoms with van der Waals surface area (Å²) in [6.45, 7) is 5.07. The van der Waals surface area contributed by atoms with Crippen molar-refractivity contribution in [3.8, 4) is 0 Å². The summed E-state index contributed by atoms with van der Waals surface area (Å²) in [5.41, 5.74) is 0.162. The Morgan fingerprint density at radius 3 is 2.61 bits per heavy atom. The Hall–Kier alpha value is -2.05. The highest BCUT2D eigenvalue weighted by molar-refractivity contribution is 5.87. The van der Waals surface area contributed by atoms with E-state index in [0.717, 1.165) is 0 Å². The summed E-state index contributed by atoms with van der Waals surface area (Å²) in [4.78, 5) is 33.4. The molecule has 0 saturated heterocycles. The zero-order valence-electron chi connectivity index (χ0n) is 10.6. The van der Waals surface area contributed by atoms with E-state index < -0.39 is 6.04 Å². The number of hydrogen-bond acceptors (Lipinski definition) is 5. The monoisotopic (exact) mass is 252 g/mol. The molecule has 0 saturated carbocycles. The maximum absolute atomic E-state index is 11.7. The maximum Gasteiger partial charge on any atom is 0.242 e. The van der Waals surface area contributed by atoms with Gasteiger partial charge in [0.2, 0.25) is 5.91 Å². The first-order valence-electron chi connectivity index (χ1n) is 5.59. The second-order valence-corrected chi connectivity index (χ2v) is 4.36. The predicted octanol–water partition coefficient (Wildman–Crippen LogP) is -0.180. The first-order chi connectivity index (χ1) is 8.43. The number of aromatic nitrogens is 3. The summed E-state index contributed by atoms with van der Waals surface area (Å²) >= 11 is 0. The van der Waals surface area contributed by atoms with Crippen molar-refractivity contribution >= 4 is 18.0 Å². The predicted molar refractivity (Wildman–Crippen MR) is 62.9 cm³/mol. The van der Waals surface area contributed by atoms with Crippen LogP contribution in [-0.4, -0.2) is 39.0 Å². The minimum Gasteiger partial charge on any atom is -0.344 e. The quantitative estimate of drug-likeness (QED) is 0.709. The van der Waals surface area contributed by atoms with Crippen molar-refractivity contribution in [3.05, 3.63) is 11.9 Å². The number of amides is 1. The number of carbonyl (C=O) groups excluding carboxylic acids is 3. The van der Waals surface area contributed by atoms with E-state index in [-0.39, 0.29) is 29.8 Å². The van der Waals surface area contributed by atoms with Crippen molar-refractivity contribution < 1.29 is 14.4 Å². The summed E-state index contributed by atoms with van der Waals surface area (Å²) in [5.74, 6) is -0.412. The lowest BCUT2D eigenvalue weighted by molar-refractivity contribution is -0.128. The molecule has 0 radical (unpaired) electrons. The average Bonchev–Trinajstić information content (AvgIpc) is 2.72. The average molecular weight is 252 g/mol. The molecule has 7 heteroatoms. The van der Waals surface area contributed by atoms with Gasteiger partial charge in [0.25, 0.3) is 0 Å². The third-order valence-electron chi connectivity index (χ3n) is 2.40. The van der Waals surface area contributed by atoms with Gasteiger partial charge in [-0.05, 0) is 12.8 Å². The van der Waals surface area contributed by atoms with Crippen LogP contribution in [0.25, 0.3) is 0 Å². The van der Waals surface area contributed by atoms with Gasteiger partial charge in [0, 0.05) is 0 Å². The molecular weight excluding hydrogens is 236 g/mol. The summed E-state index contributed by atoms with van der Waals surface area (Å²) < 4.78 is 1.25. The van der Waals surface area contributed by atoms with Crippen molar-refractivity contribution in [2.45, 2.75) is 33.4 Å². The molecule has 18 heavy (non-hydrogen) atoms. The molecule has 7 nitrogen and oxygen atoms in total. The van der Waals surface area contributed by atoms with E-state index in [4.69, 9.17) is 0 Å². The summed E-state index contributed by atoms with van der Waals surface area (Å²) in [5, 5.41) is 9.77. The van der Waals surface area contributed by atoms with Crippen LogP contribution in [0.5, 0.6) is 0 Å². The largest absolute Gasteiger partial charge is 0.344 e. The molecule has 1 rings (SSSR count). The van der Waals surface area contributed by atoms with Crippen molar-refractivity contribution in [2.75, 3.05) is 0 Å². The number of ketones is 1. The molecule has 1 heterocycles. The molecule has 0 aliphatic carbocycles. The van der Waals surface area contributed by atoms with Gasteiger partial charge >= 0.3 is 0 Å². The number of rotatable bonds is 6. The minimum atomic E-state index is -0.508. The molecular formula is C11H16N4O3. The minimum absolute atomic E-state index is 0.0210. The van der Waals surface area contributed by atoms with Crippen LogP contribution in [-0.2, 0) is 16.1 Å². The van der Waals surface area contributed by atoms with Gasteiger partial charge < -0.3 is 5.32 Å². The Morgan fingerprint density at radius 1 is 1.50 bits per heavy atom.